The molecular formula is C4H5NO5. The van der Waals surface area contributed by atoms with Crippen LogP contribution >= 0.6 is 0 Å². The minimum Gasteiger partial charge on any atom is -0.481 e. The molecule has 0 aliphatic rings. The highest BCUT2D eigenvalue weighted by molar-refractivity contribution is 5.85. The Kier molecular flexibility index (Phi) is 3.20. The lowest BCUT2D eigenvalue weighted by Gasteiger charge is -1.97. The number of carboxylic acid groups (broad SMARTS) is 1. The molecule has 10 heavy (non-hydrogen) atoms. The molecule has 56 valence electrons. The highest BCUT2D eigenvalue weighted by atomic mass is 16.4. The number of carboxylic acids is 1. The van der Waals surface area contributed by atoms with Crippen molar-refractivity contribution in [1.82, 2.24) is 0 Å². The second-order valence-electron chi connectivity index (χ2n) is 1.54. The summed E-state index contributed by atoms with van der Waals surface area (Å²) in [6.45, 7) is 0. The highest BCUT2D eigenvalue weighted by Crippen LogP contribution is 1.93. The van der Waals surface area contributed by atoms with E-state index in [2.05, 4.69) is 0 Å². The summed E-state index contributed by atoms with van der Waals surface area (Å²) in [4.78, 5) is 29.2. The molecule has 0 aliphatic carbocycles. The fourth-order valence-corrected chi connectivity index (χ4v) is 0.314. The van der Waals surface area contributed by atoms with Crippen molar-refractivity contribution in [3.8, 4) is 0 Å². The average Bonchev–Trinajstić information content (AvgIpc) is 1.85. The summed E-state index contributed by atoms with van der Waals surface area (Å²) < 4.78 is 0. The topological polar surface area (TPSA) is 104 Å². The zero-order valence-corrected chi connectivity index (χ0v) is 4.85. The Labute approximate surface area is 55.4 Å². The highest BCUT2D eigenvalue weighted by Gasteiger charge is 2.18. The van der Waals surface area contributed by atoms with Crippen LogP contribution in [0.1, 0.15) is 6.42 Å². The van der Waals surface area contributed by atoms with E-state index in [-0.39, 0.29) is 0 Å². The Hall–Kier alpha value is -1.30. The van der Waals surface area contributed by atoms with Crippen LogP contribution in [-0.2, 0) is 9.59 Å². The zero-order chi connectivity index (χ0) is 8.15. The average molecular weight is 147 g/mol. The molecule has 1 amide bonds. The Morgan fingerprint density at radius 2 is 2.00 bits per heavy atom. The van der Waals surface area contributed by atoms with Gasteiger partial charge in [-0.05, 0) is 0 Å². The van der Waals surface area contributed by atoms with Crippen molar-refractivity contribution in [2.45, 2.75) is 12.5 Å². The van der Waals surface area contributed by atoms with E-state index in [1.54, 1.807) is 0 Å². The molecule has 2 N–H and O–H groups in total. The number of carbonyl (C=O) groups excluding carboxylic acids is 1. The fraction of sp³-hybridized carbons (Fsp3) is 0.500. The summed E-state index contributed by atoms with van der Waals surface area (Å²) in [6.07, 6.45) is -2.60. The van der Waals surface area contributed by atoms with E-state index in [9.17, 15) is 14.5 Å². The molecule has 0 aromatic rings. The smallest absolute Gasteiger partial charge is 0.315 e. The number of hydrogen-bond acceptors (Lipinski definition) is 4. The van der Waals surface area contributed by atoms with Crippen molar-refractivity contribution in [3.05, 3.63) is 4.91 Å². The monoisotopic (exact) mass is 147 g/mol. The van der Waals surface area contributed by atoms with Gasteiger partial charge in [0.1, 0.15) is 6.10 Å². The first-order valence-electron chi connectivity index (χ1n) is 2.35. The van der Waals surface area contributed by atoms with Crippen LogP contribution in [0.4, 0.5) is 0 Å². The first kappa shape index (κ1) is 8.70. The van der Waals surface area contributed by atoms with Gasteiger partial charge in [0.2, 0.25) is 0 Å². The number of aliphatic carboxylic acids is 1. The number of nitroso groups, excluding NO2 is 1. The molecular weight excluding hydrogens is 142 g/mol. The molecule has 0 heterocycles. The fourth-order valence-electron chi connectivity index (χ4n) is 0.314. The minimum absolute atomic E-state index is 0.787. The predicted molar refractivity (Wildman–Crippen MR) is 29.1 cm³/mol. The van der Waals surface area contributed by atoms with Crippen LogP contribution in [0.3, 0.4) is 0 Å². The third-order valence-electron chi connectivity index (χ3n) is 0.743. The molecule has 0 fully saturated rings. The molecule has 0 aliphatic heterocycles. The van der Waals surface area contributed by atoms with Crippen LogP contribution in [0.2, 0.25) is 0 Å². The molecule has 0 radical (unpaired) electrons. The molecule has 0 bridgehead atoms. The first-order valence-corrected chi connectivity index (χ1v) is 2.35. The first-order chi connectivity index (χ1) is 4.57. The van der Waals surface area contributed by atoms with Gasteiger partial charge >= 0.3 is 11.9 Å². The van der Waals surface area contributed by atoms with Gasteiger partial charge in [0.25, 0.3) is 0 Å². The molecule has 0 rings (SSSR count). The van der Waals surface area contributed by atoms with Crippen LogP contribution in [-0.4, -0.2) is 28.2 Å². The molecule has 6 heteroatoms. The second-order valence-corrected chi connectivity index (χ2v) is 1.54. The van der Waals surface area contributed by atoms with Crippen molar-refractivity contribution >= 4 is 11.9 Å². The van der Waals surface area contributed by atoms with Crippen LogP contribution in [0.15, 0.2) is 5.18 Å². The van der Waals surface area contributed by atoms with E-state index in [1.807, 2.05) is 5.18 Å². The van der Waals surface area contributed by atoms with Crippen molar-refractivity contribution < 1.29 is 19.8 Å². The molecule has 0 saturated heterocycles. The summed E-state index contributed by atoms with van der Waals surface area (Å²) in [5, 5.41) is 18.3. The van der Waals surface area contributed by atoms with Crippen molar-refractivity contribution in [2.75, 3.05) is 0 Å². The molecule has 6 nitrogen and oxygen atoms in total. The van der Waals surface area contributed by atoms with Gasteiger partial charge in [-0.15, -0.1) is 4.91 Å². The number of rotatable bonds is 3. The second kappa shape index (κ2) is 3.67. The van der Waals surface area contributed by atoms with Gasteiger partial charge in [-0.3, -0.25) is 9.59 Å². The van der Waals surface area contributed by atoms with E-state index >= 15 is 0 Å². The maximum atomic E-state index is 10.1. The lowest BCUT2D eigenvalue weighted by Crippen LogP contribution is -2.21. The Morgan fingerprint density at radius 3 is 2.30 bits per heavy atom. The van der Waals surface area contributed by atoms with Crippen LogP contribution in [0, 0.1) is 4.91 Å². The Balaban J connectivity index is 3.84. The van der Waals surface area contributed by atoms with Gasteiger partial charge in [-0.25, -0.2) is 0 Å². The standard InChI is InChI=1S/C4H5NO5/c6-2(1-3(7)8)4(9)5-10/h2,6H,1H2,(H,7,8). The maximum absolute atomic E-state index is 10.1. The molecule has 1 atom stereocenters. The summed E-state index contributed by atoms with van der Waals surface area (Å²) in [5.74, 6) is -2.72. The van der Waals surface area contributed by atoms with E-state index in [1.165, 1.54) is 0 Å². The van der Waals surface area contributed by atoms with E-state index in [0.29, 0.717) is 0 Å². The third kappa shape index (κ3) is 2.88. The minimum atomic E-state index is -1.81. The molecule has 1 unspecified atom stereocenters. The summed E-state index contributed by atoms with van der Waals surface area (Å²) in [5.41, 5.74) is 0. The van der Waals surface area contributed by atoms with Crippen LogP contribution < -0.4 is 0 Å². The van der Waals surface area contributed by atoms with Gasteiger partial charge in [0, 0.05) is 5.18 Å². The largest absolute Gasteiger partial charge is 0.481 e. The van der Waals surface area contributed by atoms with E-state index in [0.717, 1.165) is 0 Å². The van der Waals surface area contributed by atoms with Crippen LogP contribution in [0.5, 0.6) is 0 Å². The lowest BCUT2D eigenvalue weighted by molar-refractivity contribution is -0.142. The van der Waals surface area contributed by atoms with Gasteiger partial charge in [-0.1, -0.05) is 0 Å². The number of hydrogen-bond donors (Lipinski definition) is 2. The Bertz CT molecular complexity index is 165. The normalized spacial score (nSPS) is 12.1. The number of aliphatic hydroxyl groups is 1. The maximum Gasteiger partial charge on any atom is 0.315 e. The van der Waals surface area contributed by atoms with Crippen molar-refractivity contribution in [3.63, 3.8) is 0 Å². The van der Waals surface area contributed by atoms with Crippen molar-refractivity contribution in [1.29, 1.82) is 0 Å². The van der Waals surface area contributed by atoms with E-state index < -0.39 is 24.4 Å². The molecule has 0 spiro atoms. The molecule has 0 aromatic carbocycles. The van der Waals surface area contributed by atoms with Crippen molar-refractivity contribution in [2.24, 2.45) is 5.18 Å². The molecule has 0 aromatic heterocycles. The number of amides is 1. The Morgan fingerprint density at radius 1 is 1.50 bits per heavy atom. The van der Waals surface area contributed by atoms with Gasteiger partial charge < -0.3 is 10.2 Å². The van der Waals surface area contributed by atoms with E-state index in [4.69, 9.17) is 10.2 Å². The number of aliphatic hydroxyl groups excluding tert-OH is 1. The summed E-state index contributed by atoms with van der Waals surface area (Å²) in [7, 11) is 0. The summed E-state index contributed by atoms with van der Waals surface area (Å²) >= 11 is 0. The summed E-state index contributed by atoms with van der Waals surface area (Å²) in [6, 6.07) is 0. The number of carbonyl (C=O) groups is 2. The van der Waals surface area contributed by atoms with Gasteiger partial charge in [0.05, 0.1) is 6.42 Å². The third-order valence-corrected chi connectivity index (χ3v) is 0.743. The zero-order valence-electron chi connectivity index (χ0n) is 4.85. The quantitative estimate of drug-likeness (QED) is 0.504. The SMILES string of the molecule is O=NC(=O)C(O)CC(=O)O. The van der Waals surface area contributed by atoms with Crippen LogP contribution in [0.25, 0.3) is 0 Å². The lowest BCUT2D eigenvalue weighted by atomic mass is 10.2. The molecule has 0 saturated carbocycles. The van der Waals surface area contributed by atoms with Gasteiger partial charge in [0.15, 0.2) is 0 Å². The number of nitrogens with zero attached hydrogens (tertiary/aromatic N) is 1. The predicted octanol–water partition coefficient (Wildman–Crippen LogP) is -0.885. The van der Waals surface area contributed by atoms with Gasteiger partial charge in [-0.2, -0.15) is 0 Å².